The molecule has 0 spiro atoms. The number of rotatable bonds is 2. The van der Waals surface area contributed by atoms with Crippen LogP contribution in [0.4, 0.5) is 0 Å². The number of carbonyl (C=O) groups is 2. The summed E-state index contributed by atoms with van der Waals surface area (Å²) in [5.41, 5.74) is -0.552. The monoisotopic (exact) mass is 446 g/mol. The number of aliphatic hydroxyl groups is 2. The molecule has 0 heterocycles. The summed E-state index contributed by atoms with van der Waals surface area (Å²) in [5, 5.41) is 23.4. The van der Waals surface area contributed by atoms with Crippen LogP contribution in [-0.2, 0) is 14.3 Å². The fraction of sp³-hybridized carbons (Fsp3) is 0.852. The maximum Gasteiger partial charge on any atom is 0.303 e. The summed E-state index contributed by atoms with van der Waals surface area (Å²) in [6.45, 7) is 12.4. The molecule has 0 saturated heterocycles. The maximum atomic E-state index is 12.6. The van der Waals surface area contributed by atoms with E-state index >= 15 is 0 Å². The molecule has 4 rings (SSSR count). The Bertz CT molecular complexity index is 830. The molecular weight excluding hydrogens is 404 g/mol. The fourth-order valence-corrected chi connectivity index (χ4v) is 9.12. The minimum atomic E-state index is -1.09. The lowest BCUT2D eigenvalue weighted by atomic mass is 9.39. The predicted molar refractivity (Wildman–Crippen MR) is 123 cm³/mol. The number of esters is 1. The molecule has 3 saturated carbocycles. The molecular formula is C27H42O5. The van der Waals surface area contributed by atoms with Crippen molar-refractivity contribution >= 4 is 11.8 Å². The third-order valence-electron chi connectivity index (χ3n) is 10.0. The number of carbonyl (C=O) groups excluding carboxylic acids is 2. The Morgan fingerprint density at radius 3 is 2.50 bits per heavy atom. The lowest BCUT2D eigenvalue weighted by Crippen LogP contribution is -2.64. The lowest BCUT2D eigenvalue weighted by molar-refractivity contribution is -0.230. The summed E-state index contributed by atoms with van der Waals surface area (Å²) in [7, 11) is 0. The maximum absolute atomic E-state index is 12.6. The minimum Gasteiger partial charge on any atom is -0.458 e. The highest BCUT2D eigenvalue weighted by atomic mass is 16.5. The molecule has 0 aliphatic heterocycles. The molecule has 8 unspecified atom stereocenters. The number of ether oxygens (including phenoxy) is 1. The van der Waals surface area contributed by atoms with Gasteiger partial charge in [0.2, 0.25) is 0 Å². The zero-order valence-electron chi connectivity index (χ0n) is 20.7. The van der Waals surface area contributed by atoms with Crippen LogP contribution in [0.25, 0.3) is 0 Å². The third-order valence-corrected chi connectivity index (χ3v) is 10.0. The quantitative estimate of drug-likeness (QED) is 0.606. The zero-order chi connectivity index (χ0) is 23.7. The van der Waals surface area contributed by atoms with Crippen LogP contribution in [0.3, 0.4) is 0 Å². The van der Waals surface area contributed by atoms with Gasteiger partial charge in [0.15, 0.2) is 5.78 Å². The fourth-order valence-electron chi connectivity index (χ4n) is 9.12. The van der Waals surface area contributed by atoms with Crippen LogP contribution in [0.2, 0.25) is 0 Å². The second-order valence-corrected chi connectivity index (χ2v) is 12.8. The molecule has 3 fully saturated rings. The molecule has 0 aromatic heterocycles. The Balaban J connectivity index is 1.67. The van der Waals surface area contributed by atoms with Gasteiger partial charge in [-0.1, -0.05) is 34.1 Å². The van der Waals surface area contributed by atoms with Gasteiger partial charge in [0.05, 0.1) is 11.7 Å². The van der Waals surface area contributed by atoms with E-state index in [1.165, 1.54) is 13.3 Å². The number of hydrogen-bond donors (Lipinski definition) is 2. The van der Waals surface area contributed by atoms with E-state index in [1.807, 2.05) is 0 Å². The summed E-state index contributed by atoms with van der Waals surface area (Å²) >= 11 is 0. The molecule has 0 bridgehead atoms. The van der Waals surface area contributed by atoms with Gasteiger partial charge < -0.3 is 14.9 Å². The number of ketones is 1. The van der Waals surface area contributed by atoms with E-state index < -0.39 is 29.7 Å². The van der Waals surface area contributed by atoms with Gasteiger partial charge in [0.1, 0.15) is 6.10 Å². The zero-order valence-corrected chi connectivity index (χ0v) is 20.7. The normalized spacial score (nSPS) is 48.3. The topological polar surface area (TPSA) is 83.8 Å². The highest BCUT2D eigenvalue weighted by molar-refractivity contribution is 5.96. The van der Waals surface area contributed by atoms with Crippen molar-refractivity contribution in [1.29, 1.82) is 0 Å². The Morgan fingerprint density at radius 1 is 1.16 bits per heavy atom. The van der Waals surface area contributed by atoms with Crippen LogP contribution in [0, 0.1) is 34.0 Å². The van der Waals surface area contributed by atoms with Gasteiger partial charge in [-0.05, 0) is 85.2 Å². The van der Waals surface area contributed by atoms with E-state index in [4.69, 9.17) is 4.74 Å². The SMILES string of the molecule is CC(=O)OC1C=C(C)C(=O)CC1C1(O)CCC2C(C)(CC(O)C3C(C)(C)CCCC32C)C1. The second-order valence-electron chi connectivity index (χ2n) is 12.8. The van der Waals surface area contributed by atoms with Gasteiger partial charge in [-0.2, -0.15) is 0 Å². The standard InChI is InChI=1S/C27H42O5/c1-16-12-21(32-17(2)28)18(13-19(16)29)27(31)11-8-22-25(5,15-27)14-20(30)23-24(3,4)9-7-10-26(22,23)6/h12,18,20-23,30-31H,7-11,13-15H2,1-6H3. The first-order chi connectivity index (χ1) is 14.7. The van der Waals surface area contributed by atoms with Crippen molar-refractivity contribution in [3.8, 4) is 0 Å². The van der Waals surface area contributed by atoms with E-state index in [0.717, 1.165) is 19.3 Å². The van der Waals surface area contributed by atoms with Gasteiger partial charge >= 0.3 is 5.97 Å². The third kappa shape index (κ3) is 3.68. The molecule has 0 amide bonds. The Labute approximate surface area is 193 Å². The van der Waals surface area contributed by atoms with Crippen LogP contribution >= 0.6 is 0 Å². The molecule has 0 aromatic carbocycles. The summed E-state index contributed by atoms with van der Waals surface area (Å²) in [6, 6.07) is 0. The number of allylic oxidation sites excluding steroid dienone is 1. The van der Waals surface area contributed by atoms with Gasteiger partial charge in [-0.3, -0.25) is 9.59 Å². The van der Waals surface area contributed by atoms with E-state index in [2.05, 4.69) is 27.7 Å². The number of aliphatic hydroxyl groups excluding tert-OH is 1. The Kier molecular flexibility index (Phi) is 5.73. The average Bonchev–Trinajstić information content (AvgIpc) is 2.61. The largest absolute Gasteiger partial charge is 0.458 e. The first-order valence-corrected chi connectivity index (χ1v) is 12.5. The van der Waals surface area contributed by atoms with Crippen LogP contribution in [0.15, 0.2) is 11.6 Å². The first-order valence-electron chi connectivity index (χ1n) is 12.5. The molecule has 180 valence electrons. The molecule has 2 N–H and O–H groups in total. The average molecular weight is 447 g/mol. The molecule has 4 aliphatic rings. The van der Waals surface area contributed by atoms with Crippen molar-refractivity contribution < 1.29 is 24.5 Å². The molecule has 5 heteroatoms. The summed E-state index contributed by atoms with van der Waals surface area (Å²) in [6.07, 6.45) is 7.10. The van der Waals surface area contributed by atoms with Crippen molar-refractivity contribution in [2.75, 3.05) is 0 Å². The number of hydrogen-bond acceptors (Lipinski definition) is 5. The molecule has 0 aromatic rings. The van der Waals surface area contributed by atoms with Crippen molar-refractivity contribution in [1.82, 2.24) is 0 Å². The van der Waals surface area contributed by atoms with Crippen LogP contribution in [-0.4, -0.2) is 39.8 Å². The molecule has 32 heavy (non-hydrogen) atoms. The number of Topliss-reactive ketones (excluding diaryl/α,β-unsaturated/α-hetero) is 1. The first kappa shape index (κ1) is 23.9. The predicted octanol–water partition coefficient (Wildman–Crippen LogP) is 4.59. The number of fused-ring (bicyclic) bond motifs is 3. The molecule has 8 atom stereocenters. The van der Waals surface area contributed by atoms with Gasteiger partial charge in [0, 0.05) is 19.3 Å². The van der Waals surface area contributed by atoms with E-state index in [1.54, 1.807) is 13.0 Å². The highest BCUT2D eigenvalue weighted by Gasteiger charge is 2.65. The highest BCUT2D eigenvalue weighted by Crippen LogP contribution is 2.68. The van der Waals surface area contributed by atoms with E-state index in [-0.39, 0.29) is 34.4 Å². The van der Waals surface area contributed by atoms with E-state index in [9.17, 15) is 19.8 Å². The molecule has 5 nitrogen and oxygen atoms in total. The van der Waals surface area contributed by atoms with Crippen molar-refractivity contribution in [3.05, 3.63) is 11.6 Å². The Morgan fingerprint density at radius 2 is 1.84 bits per heavy atom. The van der Waals surface area contributed by atoms with Gasteiger partial charge in [0.25, 0.3) is 0 Å². The summed E-state index contributed by atoms with van der Waals surface area (Å²) < 4.78 is 5.59. The molecule has 4 aliphatic carbocycles. The van der Waals surface area contributed by atoms with Crippen LogP contribution in [0.5, 0.6) is 0 Å². The van der Waals surface area contributed by atoms with Crippen molar-refractivity contribution in [3.63, 3.8) is 0 Å². The minimum absolute atomic E-state index is 0.0174. The summed E-state index contributed by atoms with van der Waals surface area (Å²) in [5.74, 6) is -0.125. The smallest absolute Gasteiger partial charge is 0.303 e. The lowest BCUT2D eigenvalue weighted by Gasteiger charge is -2.67. The molecule has 0 radical (unpaired) electrons. The van der Waals surface area contributed by atoms with Gasteiger partial charge in [-0.25, -0.2) is 0 Å². The summed E-state index contributed by atoms with van der Waals surface area (Å²) in [4.78, 5) is 24.4. The Hall–Kier alpha value is -1.20. The van der Waals surface area contributed by atoms with Crippen molar-refractivity contribution in [2.24, 2.45) is 34.0 Å². The van der Waals surface area contributed by atoms with Gasteiger partial charge in [-0.15, -0.1) is 0 Å². The van der Waals surface area contributed by atoms with Crippen LogP contribution in [0.1, 0.15) is 92.9 Å². The van der Waals surface area contributed by atoms with Crippen molar-refractivity contribution in [2.45, 2.75) is 111 Å². The van der Waals surface area contributed by atoms with Crippen LogP contribution < -0.4 is 0 Å². The van der Waals surface area contributed by atoms with E-state index in [0.29, 0.717) is 30.8 Å². The second kappa shape index (κ2) is 7.66.